The Bertz CT molecular complexity index is 679. The molecule has 2 atom stereocenters. The Labute approximate surface area is 183 Å². The number of hydrogen-bond acceptors (Lipinski definition) is 7. The lowest BCUT2D eigenvalue weighted by Crippen LogP contribution is -2.23. The minimum atomic E-state index is -0.941. The number of rotatable bonds is 8. The Morgan fingerprint density at radius 2 is 1.46 bits per heavy atom. The molecule has 0 fully saturated rings. The average Bonchev–Trinajstić information content (AvgIpc) is 2.58. The van der Waals surface area contributed by atoms with Crippen molar-refractivity contribution in [3.8, 4) is 0 Å². The fourth-order valence-corrected chi connectivity index (χ4v) is 4.19. The van der Waals surface area contributed by atoms with Gasteiger partial charge in [-0.2, -0.15) is 0 Å². The molecular weight excluding hydrogens is 612 g/mol. The molecule has 2 N–H and O–H groups in total. The molecule has 2 unspecified atom stereocenters. The number of carbonyl (C=O) groups excluding carboxylic acids is 2. The van der Waals surface area contributed by atoms with Crippen LogP contribution in [0.25, 0.3) is 0 Å². The number of carbonyl (C=O) groups is 2. The summed E-state index contributed by atoms with van der Waals surface area (Å²) in [5, 5.41) is 18.1. The van der Waals surface area contributed by atoms with Crippen LogP contribution in [-0.2, 0) is 14.2 Å². The van der Waals surface area contributed by atoms with Crippen LogP contribution in [-0.4, -0.2) is 54.4 Å². The van der Waals surface area contributed by atoms with E-state index in [1.54, 1.807) is 0 Å². The van der Waals surface area contributed by atoms with E-state index in [1.165, 1.54) is 13.8 Å². The topological polar surface area (TPSA) is 102 Å². The summed E-state index contributed by atoms with van der Waals surface area (Å²) in [6.45, 7) is 2.48. The molecule has 1 aromatic carbocycles. The maximum Gasteiger partial charge on any atom is 0.342 e. The van der Waals surface area contributed by atoms with Gasteiger partial charge in [0.05, 0.1) is 30.4 Å². The Hall–Kier alpha value is -0.0400. The van der Waals surface area contributed by atoms with Crippen molar-refractivity contribution < 1.29 is 34.0 Å². The predicted octanol–water partition coefficient (Wildman–Crippen LogP) is 3.79. The summed E-state index contributed by atoms with van der Waals surface area (Å²) < 4.78 is 16.8. The molecule has 0 amide bonds. The van der Waals surface area contributed by atoms with Gasteiger partial charge >= 0.3 is 11.9 Å². The lowest BCUT2D eigenvalue weighted by molar-refractivity contribution is -0.105. The Kier molecular flexibility index (Phi) is 10.2. The van der Waals surface area contributed by atoms with Gasteiger partial charge in [-0.3, -0.25) is 0 Å². The van der Waals surface area contributed by atoms with Crippen molar-refractivity contribution in [3.05, 3.63) is 29.0 Å². The molecule has 0 aliphatic rings. The first-order chi connectivity index (χ1) is 12.1. The van der Waals surface area contributed by atoms with Crippen molar-refractivity contribution in [2.24, 2.45) is 0 Å². The minimum Gasteiger partial charge on any atom is -0.459 e. The largest absolute Gasteiger partial charge is 0.459 e. The fraction of sp³-hybridized carbons (Fsp3) is 0.467. The molecule has 146 valence electrons. The molecule has 11 heteroatoms. The second-order valence-corrected chi connectivity index (χ2v) is 8.19. The van der Waals surface area contributed by atoms with Crippen LogP contribution >= 0.6 is 63.7 Å². The zero-order valence-electron chi connectivity index (χ0n) is 13.7. The SMILES string of the molecule is CC(O)COC(=O)c1c(Br)c(Br)c(Br)c(Br)c1C(=O)OC(C)OCCO. The molecule has 0 heterocycles. The monoisotopic (exact) mass is 624 g/mol. The minimum absolute atomic E-state index is 0.00731. The van der Waals surface area contributed by atoms with Crippen molar-refractivity contribution in [1.82, 2.24) is 0 Å². The van der Waals surface area contributed by atoms with Crippen LogP contribution in [0.4, 0.5) is 0 Å². The molecule has 1 rings (SSSR count). The lowest BCUT2D eigenvalue weighted by Gasteiger charge is -2.18. The summed E-state index contributed by atoms with van der Waals surface area (Å²) >= 11 is 13.2. The molecule has 26 heavy (non-hydrogen) atoms. The van der Waals surface area contributed by atoms with E-state index in [0.717, 1.165) is 0 Å². The highest BCUT2D eigenvalue weighted by Crippen LogP contribution is 2.42. The summed E-state index contributed by atoms with van der Waals surface area (Å²) in [6, 6.07) is 0. The van der Waals surface area contributed by atoms with Crippen molar-refractivity contribution in [1.29, 1.82) is 0 Å². The summed E-state index contributed by atoms with van der Waals surface area (Å²) in [5.74, 6) is -1.65. The molecule has 0 radical (unpaired) electrons. The van der Waals surface area contributed by atoms with Crippen LogP contribution in [0.15, 0.2) is 17.9 Å². The van der Waals surface area contributed by atoms with E-state index >= 15 is 0 Å². The van der Waals surface area contributed by atoms with Gasteiger partial charge in [0.15, 0.2) is 0 Å². The molecule has 1 aromatic rings. The van der Waals surface area contributed by atoms with Crippen LogP contribution < -0.4 is 0 Å². The number of aliphatic hydroxyl groups is 2. The van der Waals surface area contributed by atoms with Gasteiger partial charge in [0.1, 0.15) is 6.61 Å². The number of halogens is 4. The molecule has 0 saturated heterocycles. The van der Waals surface area contributed by atoms with Gasteiger partial charge in [0, 0.05) is 17.9 Å². The first kappa shape index (κ1) is 24.0. The number of benzene rings is 1. The number of esters is 2. The Morgan fingerprint density at radius 3 is 1.92 bits per heavy atom. The van der Waals surface area contributed by atoms with Crippen LogP contribution in [0.1, 0.15) is 34.6 Å². The smallest absolute Gasteiger partial charge is 0.342 e. The second kappa shape index (κ2) is 11.1. The van der Waals surface area contributed by atoms with E-state index in [2.05, 4.69) is 63.7 Å². The van der Waals surface area contributed by atoms with Crippen LogP contribution in [0.5, 0.6) is 0 Å². The summed E-state index contributed by atoms with van der Waals surface area (Å²) in [5.41, 5.74) is -0.158. The van der Waals surface area contributed by atoms with Gasteiger partial charge in [-0.15, -0.1) is 0 Å². The molecule has 0 aromatic heterocycles. The third-order valence-electron chi connectivity index (χ3n) is 2.85. The first-order valence-corrected chi connectivity index (χ1v) is 10.4. The van der Waals surface area contributed by atoms with Gasteiger partial charge in [-0.05, 0) is 77.6 Å². The van der Waals surface area contributed by atoms with E-state index in [1.807, 2.05) is 0 Å². The standard InChI is InChI=1S/C15H16Br4O7/c1-6(21)5-25-14(22)8-9(11(17)13(19)12(18)10(8)16)15(23)26-7(2)24-4-3-20/h6-7,20-21H,3-5H2,1-2H3. The molecule has 0 saturated carbocycles. The van der Waals surface area contributed by atoms with E-state index in [9.17, 15) is 14.7 Å². The van der Waals surface area contributed by atoms with Crippen molar-refractivity contribution in [2.45, 2.75) is 26.2 Å². The summed E-state index contributed by atoms with van der Waals surface area (Å²) in [4.78, 5) is 25.1. The highest BCUT2D eigenvalue weighted by molar-refractivity contribution is 9.15. The third kappa shape index (κ3) is 6.25. The molecule has 0 aliphatic heterocycles. The van der Waals surface area contributed by atoms with Gasteiger partial charge in [-0.25, -0.2) is 9.59 Å². The molecule has 7 nitrogen and oxygen atoms in total. The molecule has 0 aliphatic carbocycles. The maximum absolute atomic E-state index is 12.6. The number of aliphatic hydroxyl groups excluding tert-OH is 2. The van der Waals surface area contributed by atoms with Crippen LogP contribution in [0.3, 0.4) is 0 Å². The lowest BCUT2D eigenvalue weighted by atomic mass is 10.1. The summed E-state index contributed by atoms with van der Waals surface area (Å²) in [7, 11) is 0. The zero-order chi connectivity index (χ0) is 20.0. The molecule has 0 spiro atoms. The van der Waals surface area contributed by atoms with Gasteiger partial charge in [-0.1, -0.05) is 0 Å². The summed E-state index contributed by atoms with van der Waals surface area (Å²) in [6.07, 6.45) is -1.80. The van der Waals surface area contributed by atoms with Gasteiger partial charge in [0.25, 0.3) is 0 Å². The van der Waals surface area contributed by atoms with Gasteiger partial charge < -0.3 is 24.4 Å². The van der Waals surface area contributed by atoms with Crippen LogP contribution in [0.2, 0.25) is 0 Å². The highest BCUT2D eigenvalue weighted by atomic mass is 79.9. The van der Waals surface area contributed by atoms with Crippen molar-refractivity contribution >= 4 is 75.7 Å². The number of ether oxygens (including phenoxy) is 3. The zero-order valence-corrected chi connectivity index (χ0v) is 20.1. The Morgan fingerprint density at radius 1 is 0.962 bits per heavy atom. The predicted molar refractivity (Wildman–Crippen MR) is 107 cm³/mol. The average molecular weight is 628 g/mol. The van der Waals surface area contributed by atoms with Gasteiger partial charge in [0.2, 0.25) is 6.29 Å². The van der Waals surface area contributed by atoms with E-state index < -0.39 is 24.3 Å². The maximum atomic E-state index is 12.6. The van der Waals surface area contributed by atoms with Crippen molar-refractivity contribution in [3.63, 3.8) is 0 Å². The van der Waals surface area contributed by atoms with E-state index in [-0.39, 0.29) is 39.9 Å². The van der Waals surface area contributed by atoms with Crippen LogP contribution in [0, 0.1) is 0 Å². The number of hydrogen-bond donors (Lipinski definition) is 2. The molecular formula is C15H16Br4O7. The fourth-order valence-electron chi connectivity index (χ4n) is 1.75. The Balaban J connectivity index is 3.31. The highest BCUT2D eigenvalue weighted by Gasteiger charge is 2.31. The van der Waals surface area contributed by atoms with Crippen molar-refractivity contribution in [2.75, 3.05) is 19.8 Å². The van der Waals surface area contributed by atoms with E-state index in [4.69, 9.17) is 19.3 Å². The first-order valence-electron chi connectivity index (χ1n) is 7.26. The normalized spacial score (nSPS) is 13.2. The second-order valence-electron chi connectivity index (χ2n) is 5.02. The molecule has 0 bridgehead atoms. The van der Waals surface area contributed by atoms with E-state index in [0.29, 0.717) is 8.95 Å². The third-order valence-corrected chi connectivity index (χ3v) is 7.62. The quantitative estimate of drug-likeness (QED) is 0.196.